The Labute approximate surface area is 111 Å². The van der Waals surface area contributed by atoms with E-state index in [2.05, 4.69) is 24.8 Å². The van der Waals surface area contributed by atoms with Crippen molar-refractivity contribution in [3.63, 3.8) is 0 Å². The van der Waals surface area contributed by atoms with E-state index in [9.17, 15) is 5.11 Å². The van der Waals surface area contributed by atoms with Gasteiger partial charge in [0.2, 0.25) is 0 Å². The van der Waals surface area contributed by atoms with Crippen LogP contribution in [0.5, 0.6) is 0 Å². The molecule has 100 valence electrons. The smallest absolute Gasteiger partial charge is 0.0919 e. The summed E-state index contributed by atoms with van der Waals surface area (Å²) in [5.74, 6) is 0.869. The van der Waals surface area contributed by atoms with Crippen molar-refractivity contribution in [3.8, 4) is 0 Å². The fraction of sp³-hybridized carbons (Fsp3) is 0.625. The van der Waals surface area contributed by atoms with E-state index in [1.54, 1.807) is 0 Å². The lowest BCUT2D eigenvalue weighted by molar-refractivity contribution is 0.0937. The molecular weight excluding hydrogens is 222 g/mol. The van der Waals surface area contributed by atoms with Crippen LogP contribution in [0.1, 0.15) is 43.4 Å². The quantitative estimate of drug-likeness (QED) is 0.834. The lowest BCUT2D eigenvalue weighted by Crippen LogP contribution is -2.35. The fourth-order valence-corrected chi connectivity index (χ4v) is 2.68. The Morgan fingerprint density at radius 1 is 1.33 bits per heavy atom. The topological polar surface area (TPSA) is 23.5 Å². The predicted octanol–water partition coefficient (Wildman–Crippen LogP) is 3.15. The third-order valence-corrected chi connectivity index (χ3v) is 4.17. The van der Waals surface area contributed by atoms with E-state index in [0.29, 0.717) is 0 Å². The molecular formula is C16H25NO. The van der Waals surface area contributed by atoms with Gasteiger partial charge in [-0.1, -0.05) is 37.6 Å². The lowest BCUT2D eigenvalue weighted by Gasteiger charge is -2.33. The molecule has 0 aromatic heterocycles. The van der Waals surface area contributed by atoms with Crippen LogP contribution < -0.4 is 0 Å². The molecule has 0 amide bonds. The largest absolute Gasteiger partial charge is 0.387 e. The van der Waals surface area contributed by atoms with E-state index in [0.717, 1.165) is 31.1 Å². The number of aryl methyl sites for hydroxylation is 1. The molecule has 2 heteroatoms. The summed E-state index contributed by atoms with van der Waals surface area (Å²) in [7, 11) is 0. The van der Waals surface area contributed by atoms with Gasteiger partial charge in [-0.2, -0.15) is 0 Å². The van der Waals surface area contributed by atoms with Gasteiger partial charge in [0.1, 0.15) is 0 Å². The van der Waals surface area contributed by atoms with E-state index in [-0.39, 0.29) is 6.10 Å². The molecule has 1 fully saturated rings. The van der Waals surface area contributed by atoms with E-state index in [4.69, 9.17) is 0 Å². The molecule has 0 radical (unpaired) electrons. The van der Waals surface area contributed by atoms with Gasteiger partial charge in [0.25, 0.3) is 0 Å². The third kappa shape index (κ3) is 3.33. The Morgan fingerprint density at radius 2 is 2.06 bits per heavy atom. The summed E-state index contributed by atoms with van der Waals surface area (Å²) in [5, 5.41) is 10.4. The van der Waals surface area contributed by atoms with Crippen LogP contribution in [0.4, 0.5) is 0 Å². The number of hydrogen-bond donors (Lipinski definition) is 1. The first kappa shape index (κ1) is 13.6. The van der Waals surface area contributed by atoms with E-state index in [1.165, 1.54) is 24.8 Å². The molecule has 0 heterocycles. The van der Waals surface area contributed by atoms with Crippen molar-refractivity contribution in [2.45, 2.75) is 39.2 Å². The van der Waals surface area contributed by atoms with E-state index < -0.39 is 0 Å². The number of benzene rings is 1. The maximum Gasteiger partial charge on any atom is 0.0919 e. The molecule has 1 atom stereocenters. The van der Waals surface area contributed by atoms with Crippen molar-refractivity contribution in [1.82, 2.24) is 4.90 Å². The van der Waals surface area contributed by atoms with Crippen molar-refractivity contribution < 1.29 is 5.11 Å². The third-order valence-electron chi connectivity index (χ3n) is 4.17. The number of aliphatic hydroxyl groups is 1. The van der Waals surface area contributed by atoms with Gasteiger partial charge in [-0.25, -0.2) is 0 Å². The minimum Gasteiger partial charge on any atom is -0.387 e. The molecule has 1 aromatic carbocycles. The Hall–Kier alpha value is -0.860. The molecule has 1 N–H and O–H groups in total. The highest BCUT2D eigenvalue weighted by molar-refractivity contribution is 5.27. The van der Waals surface area contributed by atoms with Gasteiger partial charge in [-0.15, -0.1) is 0 Å². The SMILES string of the molecule is CCN(CC1CCC1)CC(O)c1ccccc1C. The first-order valence-corrected chi connectivity index (χ1v) is 7.16. The Kier molecular flexibility index (Phi) is 4.79. The second-order valence-corrected chi connectivity index (χ2v) is 5.52. The summed E-state index contributed by atoms with van der Waals surface area (Å²) >= 11 is 0. The standard InChI is InChI=1S/C16H25NO/c1-3-17(11-14-8-6-9-14)12-16(18)15-10-5-4-7-13(15)2/h4-5,7,10,14,16,18H,3,6,8-9,11-12H2,1-2H3. The molecule has 1 unspecified atom stereocenters. The second-order valence-electron chi connectivity index (χ2n) is 5.52. The van der Waals surface area contributed by atoms with Gasteiger partial charge < -0.3 is 10.0 Å². The zero-order valence-electron chi connectivity index (χ0n) is 11.6. The summed E-state index contributed by atoms with van der Waals surface area (Å²) in [4.78, 5) is 2.39. The van der Waals surface area contributed by atoms with Crippen LogP contribution in [-0.4, -0.2) is 29.6 Å². The summed E-state index contributed by atoms with van der Waals surface area (Å²) in [6.45, 7) is 7.20. The first-order valence-electron chi connectivity index (χ1n) is 7.16. The van der Waals surface area contributed by atoms with Gasteiger partial charge in [-0.05, 0) is 43.4 Å². The predicted molar refractivity (Wildman–Crippen MR) is 75.6 cm³/mol. The fourth-order valence-electron chi connectivity index (χ4n) is 2.68. The lowest BCUT2D eigenvalue weighted by atomic mass is 9.85. The number of nitrogens with zero attached hydrogens (tertiary/aromatic N) is 1. The maximum absolute atomic E-state index is 10.4. The molecule has 1 saturated carbocycles. The molecule has 1 aliphatic rings. The molecule has 0 aliphatic heterocycles. The van der Waals surface area contributed by atoms with Gasteiger partial charge in [0.15, 0.2) is 0 Å². The van der Waals surface area contributed by atoms with Crippen molar-refractivity contribution in [3.05, 3.63) is 35.4 Å². The highest BCUT2D eigenvalue weighted by Crippen LogP contribution is 2.28. The Morgan fingerprint density at radius 3 is 2.61 bits per heavy atom. The van der Waals surface area contributed by atoms with Crippen LogP contribution in [0.15, 0.2) is 24.3 Å². The van der Waals surface area contributed by atoms with Crippen molar-refractivity contribution in [2.24, 2.45) is 5.92 Å². The summed E-state index contributed by atoms with van der Waals surface area (Å²) < 4.78 is 0. The van der Waals surface area contributed by atoms with E-state index >= 15 is 0 Å². The zero-order chi connectivity index (χ0) is 13.0. The molecule has 2 rings (SSSR count). The van der Waals surface area contributed by atoms with Crippen molar-refractivity contribution in [2.75, 3.05) is 19.6 Å². The van der Waals surface area contributed by atoms with Crippen molar-refractivity contribution >= 4 is 0 Å². The first-order chi connectivity index (χ1) is 8.70. The summed E-state index contributed by atoms with van der Waals surface area (Å²) in [6, 6.07) is 8.14. The van der Waals surface area contributed by atoms with Gasteiger partial charge in [0, 0.05) is 13.1 Å². The number of rotatable bonds is 6. The highest BCUT2D eigenvalue weighted by atomic mass is 16.3. The van der Waals surface area contributed by atoms with Gasteiger partial charge in [-0.3, -0.25) is 0 Å². The Balaban J connectivity index is 1.92. The highest BCUT2D eigenvalue weighted by Gasteiger charge is 2.22. The van der Waals surface area contributed by atoms with E-state index in [1.807, 2.05) is 18.2 Å². The molecule has 2 nitrogen and oxygen atoms in total. The average Bonchev–Trinajstić information content (AvgIpc) is 2.32. The van der Waals surface area contributed by atoms with Crippen LogP contribution in [0.3, 0.4) is 0 Å². The minimum absolute atomic E-state index is 0.355. The number of hydrogen-bond acceptors (Lipinski definition) is 2. The van der Waals surface area contributed by atoms with Crippen LogP contribution in [0.2, 0.25) is 0 Å². The molecule has 0 saturated heterocycles. The number of aliphatic hydroxyl groups excluding tert-OH is 1. The van der Waals surface area contributed by atoms with Crippen molar-refractivity contribution in [1.29, 1.82) is 0 Å². The summed E-state index contributed by atoms with van der Waals surface area (Å²) in [5.41, 5.74) is 2.26. The normalized spacial score (nSPS) is 17.8. The van der Waals surface area contributed by atoms with Crippen LogP contribution in [0, 0.1) is 12.8 Å². The molecule has 0 bridgehead atoms. The van der Waals surface area contributed by atoms with Crippen LogP contribution in [0.25, 0.3) is 0 Å². The average molecular weight is 247 g/mol. The minimum atomic E-state index is -0.355. The molecule has 1 aromatic rings. The van der Waals surface area contributed by atoms with Gasteiger partial charge >= 0.3 is 0 Å². The van der Waals surface area contributed by atoms with Crippen LogP contribution >= 0.6 is 0 Å². The zero-order valence-corrected chi connectivity index (χ0v) is 11.6. The monoisotopic (exact) mass is 247 g/mol. The second kappa shape index (κ2) is 6.35. The van der Waals surface area contributed by atoms with Crippen LogP contribution in [-0.2, 0) is 0 Å². The molecule has 0 spiro atoms. The summed E-state index contributed by atoms with van der Waals surface area (Å²) in [6.07, 6.45) is 3.78. The molecule has 18 heavy (non-hydrogen) atoms. The molecule has 1 aliphatic carbocycles. The Bertz CT molecular complexity index is 373. The number of likely N-dealkylation sites (N-methyl/N-ethyl adjacent to an activating group) is 1. The maximum atomic E-state index is 10.4. The van der Waals surface area contributed by atoms with Gasteiger partial charge in [0.05, 0.1) is 6.10 Å².